The normalized spacial score (nSPS) is 20.8. The summed E-state index contributed by atoms with van der Waals surface area (Å²) < 4.78 is 0. The summed E-state index contributed by atoms with van der Waals surface area (Å²) in [5, 5.41) is 10.5. The van der Waals surface area contributed by atoms with Crippen LogP contribution in [-0.4, -0.2) is 11.1 Å². The summed E-state index contributed by atoms with van der Waals surface area (Å²) in [5.74, 6) is -0.711. The molecule has 0 saturated heterocycles. The van der Waals surface area contributed by atoms with Crippen molar-refractivity contribution >= 4 is 17.6 Å². The number of hydrogen-bond donors (Lipinski definition) is 1. The van der Waals surface area contributed by atoms with Gasteiger partial charge in [-0.15, -0.1) is 0 Å². The van der Waals surface area contributed by atoms with Crippen molar-refractivity contribution in [2.24, 2.45) is 5.41 Å². The zero-order chi connectivity index (χ0) is 14.9. The minimum atomic E-state index is -0.723. The molecule has 0 bridgehead atoms. The van der Waals surface area contributed by atoms with Crippen LogP contribution in [-0.2, 0) is 24.1 Å². The minimum absolute atomic E-state index is 0.525. The van der Waals surface area contributed by atoms with Gasteiger partial charge in [-0.05, 0) is 54.5 Å². The Morgan fingerprint density at radius 1 is 1.14 bits per heavy atom. The third kappa shape index (κ3) is 2.81. The van der Waals surface area contributed by atoms with Gasteiger partial charge in [-0.1, -0.05) is 48.0 Å². The Morgan fingerprint density at radius 3 is 2.62 bits per heavy atom. The lowest BCUT2D eigenvalue weighted by atomic mass is 9.68. The second-order valence-electron chi connectivity index (χ2n) is 5.84. The lowest BCUT2D eigenvalue weighted by Gasteiger charge is -2.34. The number of aliphatic carboxylic acids is 1. The van der Waals surface area contributed by atoms with Crippen molar-refractivity contribution in [1.82, 2.24) is 0 Å². The molecule has 0 aromatic heterocycles. The number of carboxylic acid groups (broad SMARTS) is 1. The highest BCUT2D eigenvalue weighted by molar-refractivity contribution is 6.30. The molecule has 108 valence electrons. The van der Waals surface area contributed by atoms with Gasteiger partial charge < -0.3 is 5.11 Å². The summed E-state index contributed by atoms with van der Waals surface area (Å²) in [5.41, 5.74) is 2.71. The molecule has 0 amide bonds. The molecule has 3 heteroatoms. The minimum Gasteiger partial charge on any atom is -0.481 e. The van der Waals surface area contributed by atoms with Gasteiger partial charge in [-0.25, -0.2) is 0 Å². The quantitative estimate of drug-likeness (QED) is 0.925. The molecule has 1 aliphatic rings. The Labute approximate surface area is 129 Å². The van der Waals surface area contributed by atoms with E-state index in [0.29, 0.717) is 24.3 Å². The van der Waals surface area contributed by atoms with Crippen LogP contribution in [0.15, 0.2) is 48.5 Å². The van der Waals surface area contributed by atoms with Crippen LogP contribution in [0.2, 0.25) is 5.02 Å². The molecule has 0 heterocycles. The standard InChI is InChI=1S/C18H17ClO2/c19-16-7-3-4-13(10-16)11-18(17(20)21)9-8-14-5-1-2-6-15(14)12-18/h1-7,10H,8-9,11-12H2,(H,20,21). The van der Waals surface area contributed by atoms with E-state index >= 15 is 0 Å². The van der Waals surface area contributed by atoms with Crippen molar-refractivity contribution in [2.45, 2.75) is 25.7 Å². The van der Waals surface area contributed by atoms with E-state index in [4.69, 9.17) is 11.6 Å². The molecular formula is C18H17ClO2. The monoisotopic (exact) mass is 300 g/mol. The Bertz CT molecular complexity index is 680. The van der Waals surface area contributed by atoms with Crippen LogP contribution in [0.4, 0.5) is 0 Å². The Morgan fingerprint density at radius 2 is 1.90 bits per heavy atom. The van der Waals surface area contributed by atoms with E-state index in [0.717, 1.165) is 17.5 Å². The van der Waals surface area contributed by atoms with Gasteiger partial charge in [0.25, 0.3) is 0 Å². The van der Waals surface area contributed by atoms with Crippen LogP contribution >= 0.6 is 11.6 Å². The summed E-state index contributed by atoms with van der Waals surface area (Å²) in [7, 11) is 0. The molecule has 1 atom stereocenters. The van der Waals surface area contributed by atoms with Crippen LogP contribution < -0.4 is 0 Å². The van der Waals surface area contributed by atoms with Crippen LogP contribution in [0.1, 0.15) is 23.1 Å². The molecule has 1 N–H and O–H groups in total. The third-order valence-corrected chi connectivity index (χ3v) is 4.64. The highest BCUT2D eigenvalue weighted by atomic mass is 35.5. The zero-order valence-electron chi connectivity index (χ0n) is 11.7. The molecule has 3 rings (SSSR count). The summed E-state index contributed by atoms with van der Waals surface area (Å²) in [6.45, 7) is 0. The molecule has 0 saturated carbocycles. The molecule has 0 aliphatic heterocycles. The van der Waals surface area contributed by atoms with Crippen molar-refractivity contribution in [2.75, 3.05) is 0 Å². The predicted octanol–water partition coefficient (Wildman–Crippen LogP) is 4.14. The number of aryl methyl sites for hydroxylation is 1. The number of carboxylic acids is 1. The highest BCUT2D eigenvalue weighted by Gasteiger charge is 2.41. The molecule has 21 heavy (non-hydrogen) atoms. The van der Waals surface area contributed by atoms with Crippen LogP contribution in [0.25, 0.3) is 0 Å². The fraction of sp³-hybridized carbons (Fsp3) is 0.278. The number of carbonyl (C=O) groups is 1. The van der Waals surface area contributed by atoms with Gasteiger partial charge in [0.05, 0.1) is 5.41 Å². The van der Waals surface area contributed by atoms with E-state index < -0.39 is 11.4 Å². The first-order chi connectivity index (χ1) is 10.1. The van der Waals surface area contributed by atoms with Gasteiger partial charge in [0.15, 0.2) is 0 Å². The maximum absolute atomic E-state index is 11.9. The van der Waals surface area contributed by atoms with E-state index in [1.165, 1.54) is 5.56 Å². The topological polar surface area (TPSA) is 37.3 Å². The average molecular weight is 301 g/mol. The lowest BCUT2D eigenvalue weighted by molar-refractivity contribution is -0.149. The third-order valence-electron chi connectivity index (χ3n) is 4.41. The van der Waals surface area contributed by atoms with Crippen molar-refractivity contribution in [3.63, 3.8) is 0 Å². The van der Waals surface area contributed by atoms with Gasteiger partial charge in [0.1, 0.15) is 0 Å². The van der Waals surface area contributed by atoms with E-state index in [9.17, 15) is 9.90 Å². The van der Waals surface area contributed by atoms with Crippen LogP contribution in [0, 0.1) is 5.41 Å². The number of hydrogen-bond acceptors (Lipinski definition) is 1. The fourth-order valence-corrected chi connectivity index (χ4v) is 3.46. The number of halogens is 1. The van der Waals surface area contributed by atoms with Gasteiger partial charge in [0.2, 0.25) is 0 Å². The predicted molar refractivity (Wildman–Crippen MR) is 83.7 cm³/mol. The first kappa shape index (κ1) is 14.2. The van der Waals surface area contributed by atoms with Crippen molar-refractivity contribution in [1.29, 1.82) is 0 Å². The van der Waals surface area contributed by atoms with E-state index in [-0.39, 0.29) is 0 Å². The summed E-state index contributed by atoms with van der Waals surface area (Å²) in [6, 6.07) is 15.7. The molecular weight excluding hydrogens is 284 g/mol. The van der Waals surface area contributed by atoms with Gasteiger partial charge in [-0.3, -0.25) is 4.79 Å². The summed E-state index contributed by atoms with van der Waals surface area (Å²) >= 11 is 6.02. The number of rotatable bonds is 3. The second kappa shape index (κ2) is 5.53. The Balaban J connectivity index is 1.93. The van der Waals surface area contributed by atoms with Gasteiger partial charge >= 0.3 is 5.97 Å². The average Bonchev–Trinajstić information content (AvgIpc) is 2.47. The van der Waals surface area contributed by atoms with Crippen LogP contribution in [0.3, 0.4) is 0 Å². The molecule has 1 unspecified atom stereocenters. The Kier molecular flexibility index (Phi) is 3.73. The number of fused-ring (bicyclic) bond motifs is 1. The largest absolute Gasteiger partial charge is 0.481 e. The molecule has 0 radical (unpaired) electrons. The zero-order valence-corrected chi connectivity index (χ0v) is 12.4. The van der Waals surface area contributed by atoms with Crippen LogP contribution in [0.5, 0.6) is 0 Å². The maximum atomic E-state index is 11.9. The molecule has 0 fully saturated rings. The van der Waals surface area contributed by atoms with Crippen molar-refractivity contribution < 1.29 is 9.90 Å². The molecule has 2 aromatic rings. The summed E-state index contributed by atoms with van der Waals surface area (Å²) in [4.78, 5) is 11.9. The second-order valence-corrected chi connectivity index (χ2v) is 6.27. The fourth-order valence-electron chi connectivity index (χ4n) is 3.25. The first-order valence-electron chi connectivity index (χ1n) is 7.14. The lowest BCUT2D eigenvalue weighted by Crippen LogP contribution is -2.39. The SMILES string of the molecule is O=C(O)C1(Cc2cccc(Cl)c2)CCc2ccccc2C1. The molecule has 2 nitrogen and oxygen atoms in total. The van der Waals surface area contributed by atoms with Gasteiger partial charge in [-0.2, -0.15) is 0 Å². The molecule has 1 aliphatic carbocycles. The van der Waals surface area contributed by atoms with E-state index in [2.05, 4.69) is 6.07 Å². The highest BCUT2D eigenvalue weighted by Crippen LogP contribution is 2.39. The maximum Gasteiger partial charge on any atom is 0.310 e. The Hall–Kier alpha value is -1.80. The molecule has 0 spiro atoms. The first-order valence-corrected chi connectivity index (χ1v) is 7.51. The van der Waals surface area contributed by atoms with E-state index in [1.54, 1.807) is 0 Å². The van der Waals surface area contributed by atoms with Gasteiger partial charge in [0, 0.05) is 5.02 Å². The molecule has 2 aromatic carbocycles. The van der Waals surface area contributed by atoms with Crippen molar-refractivity contribution in [3.05, 3.63) is 70.2 Å². The smallest absolute Gasteiger partial charge is 0.310 e. The summed E-state index contributed by atoms with van der Waals surface area (Å²) in [6.07, 6.45) is 2.61. The number of benzene rings is 2. The van der Waals surface area contributed by atoms with E-state index in [1.807, 2.05) is 42.5 Å². The van der Waals surface area contributed by atoms with Crippen molar-refractivity contribution in [3.8, 4) is 0 Å².